The number of hydrogen-bond donors (Lipinski definition) is 9. The number of carbonyl (C=O) groups excluding carboxylic acids is 3. The van der Waals surface area contributed by atoms with E-state index in [-0.39, 0.29) is 32.8 Å². The van der Waals surface area contributed by atoms with E-state index in [2.05, 4.69) is 20.9 Å². The number of aliphatic carboxylic acids is 2. The fourth-order valence-electron chi connectivity index (χ4n) is 3.11. The van der Waals surface area contributed by atoms with Crippen LogP contribution in [-0.4, -0.2) is 83.1 Å². The van der Waals surface area contributed by atoms with Gasteiger partial charge in [-0.1, -0.05) is 21.3 Å². The number of unbranched alkanes of at least 4 members (excludes halogenated alkanes) is 1. The van der Waals surface area contributed by atoms with E-state index in [9.17, 15) is 34.2 Å². The van der Waals surface area contributed by atoms with E-state index in [1.807, 2.05) is 0 Å². The van der Waals surface area contributed by atoms with Crippen molar-refractivity contribution in [2.75, 3.05) is 13.1 Å². The number of amides is 3. The second-order valence-electron chi connectivity index (χ2n) is 8.63. The Morgan fingerprint density at radius 1 is 0.838 bits per heavy atom. The molecule has 0 bridgehead atoms. The Balaban J connectivity index is 0. The highest BCUT2D eigenvalue weighted by atomic mass is 16.4. The first kappa shape index (κ1) is 35.7. The number of rotatable bonds is 18. The van der Waals surface area contributed by atoms with E-state index < -0.39 is 66.2 Å². The van der Waals surface area contributed by atoms with Crippen LogP contribution in [0.5, 0.6) is 0 Å². The lowest BCUT2D eigenvalue weighted by Crippen LogP contribution is -2.58. The fraction of sp³-hybridized carbons (Fsp3) is 0.727. The van der Waals surface area contributed by atoms with Crippen molar-refractivity contribution in [2.24, 2.45) is 33.8 Å². The van der Waals surface area contributed by atoms with Crippen LogP contribution < -0.4 is 38.9 Å². The molecular weight excluding hydrogens is 488 g/mol. The number of carbonyl (C=O) groups is 5. The summed E-state index contributed by atoms with van der Waals surface area (Å²) < 4.78 is 0. The molecule has 0 fully saturated rings. The molecule has 15 nitrogen and oxygen atoms in total. The van der Waals surface area contributed by atoms with Crippen molar-refractivity contribution in [1.29, 1.82) is 0 Å². The van der Waals surface area contributed by atoms with Crippen LogP contribution in [0.15, 0.2) is 4.99 Å². The zero-order valence-corrected chi connectivity index (χ0v) is 20.7. The first-order chi connectivity index (χ1) is 16.8. The molecule has 0 heterocycles. The van der Waals surface area contributed by atoms with Gasteiger partial charge in [-0.15, -0.1) is 0 Å². The first-order valence-electron chi connectivity index (χ1n) is 11.7. The van der Waals surface area contributed by atoms with Crippen LogP contribution in [-0.2, 0) is 24.0 Å². The van der Waals surface area contributed by atoms with Crippen LogP contribution in [0.3, 0.4) is 0 Å². The van der Waals surface area contributed by atoms with Gasteiger partial charge in [0.1, 0.15) is 18.1 Å². The third kappa shape index (κ3) is 15.3. The lowest BCUT2D eigenvalue weighted by molar-refractivity contribution is -0.144. The minimum absolute atomic E-state index is 0. The van der Waals surface area contributed by atoms with Crippen LogP contribution >= 0.6 is 0 Å². The summed E-state index contributed by atoms with van der Waals surface area (Å²) in [4.78, 5) is 64.6. The third-order valence-corrected chi connectivity index (χ3v) is 5.13. The molecule has 15 heteroatoms. The molecule has 0 rings (SSSR count). The quantitative estimate of drug-likeness (QED) is 0.0518. The molecule has 0 aromatic carbocycles. The number of carboxylic acids is 2. The molecule has 0 saturated carbocycles. The monoisotopic (exact) mass is 532 g/mol. The van der Waals surface area contributed by atoms with Crippen LogP contribution in [0.2, 0.25) is 0 Å². The maximum absolute atomic E-state index is 12.9. The Morgan fingerprint density at radius 3 is 1.89 bits per heavy atom. The smallest absolute Gasteiger partial charge is 0.326 e. The summed E-state index contributed by atoms with van der Waals surface area (Å²) in [6.45, 7) is 3.74. The van der Waals surface area contributed by atoms with Crippen LogP contribution in [0.1, 0.15) is 59.8 Å². The van der Waals surface area contributed by atoms with E-state index in [4.69, 9.17) is 22.9 Å². The molecule has 0 radical (unpaired) electrons. The normalized spacial score (nSPS) is 13.8. The second-order valence-corrected chi connectivity index (χ2v) is 8.63. The van der Waals surface area contributed by atoms with E-state index in [0.29, 0.717) is 25.8 Å². The summed E-state index contributed by atoms with van der Waals surface area (Å²) >= 11 is 0. The predicted molar refractivity (Wildman–Crippen MR) is 138 cm³/mol. The molecule has 0 aliphatic heterocycles. The van der Waals surface area contributed by atoms with Gasteiger partial charge in [0.25, 0.3) is 0 Å². The Morgan fingerprint density at radius 2 is 1.41 bits per heavy atom. The number of nitrogens with one attached hydrogen (secondary N) is 3. The number of nitrogens with zero attached hydrogens (tertiary/aromatic N) is 1. The van der Waals surface area contributed by atoms with Gasteiger partial charge in [0.2, 0.25) is 17.7 Å². The fourth-order valence-corrected chi connectivity index (χ4v) is 3.11. The van der Waals surface area contributed by atoms with Gasteiger partial charge in [-0.2, -0.15) is 0 Å². The molecule has 0 aliphatic carbocycles. The zero-order chi connectivity index (χ0) is 27.8. The first-order valence-corrected chi connectivity index (χ1v) is 11.7. The van der Waals surface area contributed by atoms with Crippen molar-refractivity contribution in [3.8, 4) is 0 Å². The van der Waals surface area contributed by atoms with Gasteiger partial charge in [0.05, 0.1) is 12.5 Å². The van der Waals surface area contributed by atoms with Gasteiger partial charge in [-0.05, 0) is 44.6 Å². The number of aliphatic imine (C=N–C) groups is 1. The topological polar surface area (TPSA) is 278 Å². The Bertz CT molecular complexity index is 787. The largest absolute Gasteiger partial charge is 0.481 e. The van der Waals surface area contributed by atoms with E-state index in [1.165, 1.54) is 0 Å². The predicted octanol–water partition coefficient (Wildman–Crippen LogP) is -2.20. The molecule has 4 atom stereocenters. The summed E-state index contributed by atoms with van der Waals surface area (Å²) in [5, 5.41) is 25.6. The van der Waals surface area contributed by atoms with Crippen molar-refractivity contribution >= 4 is 35.6 Å². The van der Waals surface area contributed by atoms with Gasteiger partial charge in [-0.3, -0.25) is 24.2 Å². The van der Waals surface area contributed by atoms with Crippen LogP contribution in [0, 0.1) is 5.92 Å². The average Bonchev–Trinajstić information content (AvgIpc) is 2.77. The zero-order valence-electron chi connectivity index (χ0n) is 20.7. The summed E-state index contributed by atoms with van der Waals surface area (Å²) in [5.74, 6) is -5.70. The van der Waals surface area contributed by atoms with Gasteiger partial charge in [0, 0.05) is 6.54 Å². The van der Waals surface area contributed by atoms with E-state index in [0.717, 1.165) is 0 Å². The average molecular weight is 533 g/mol. The summed E-state index contributed by atoms with van der Waals surface area (Å²) in [7, 11) is 0. The highest BCUT2D eigenvalue weighted by molar-refractivity contribution is 5.95. The highest BCUT2D eigenvalue weighted by Crippen LogP contribution is 2.07. The molecular formula is C22H44N8O7. The maximum atomic E-state index is 12.9. The van der Waals surface area contributed by atoms with Crippen molar-refractivity contribution in [3.63, 3.8) is 0 Å². The van der Waals surface area contributed by atoms with E-state index >= 15 is 0 Å². The minimum atomic E-state index is -1.57. The molecule has 0 aromatic heterocycles. The molecule has 0 aliphatic rings. The lowest BCUT2D eigenvalue weighted by atomic mass is 10.0. The number of guanidine groups is 1. The van der Waals surface area contributed by atoms with Gasteiger partial charge >= 0.3 is 11.9 Å². The van der Waals surface area contributed by atoms with Crippen molar-refractivity contribution in [1.82, 2.24) is 16.0 Å². The molecule has 4 unspecified atom stereocenters. The number of hydrogen-bond acceptors (Lipinski definition) is 8. The SMILES string of the molecule is C.CC(C)C(NC(=O)C(CC(=O)O)NC(=O)C(CCCCN)NC(=O)C(N)CCCN=C(N)N)C(=O)O. The summed E-state index contributed by atoms with van der Waals surface area (Å²) in [6, 6.07) is -4.96. The highest BCUT2D eigenvalue weighted by Gasteiger charge is 2.32. The van der Waals surface area contributed by atoms with Crippen LogP contribution in [0.4, 0.5) is 0 Å². The van der Waals surface area contributed by atoms with Gasteiger partial charge in [0.15, 0.2) is 5.96 Å². The molecule has 0 saturated heterocycles. The Kier molecular flexibility index (Phi) is 18.1. The maximum Gasteiger partial charge on any atom is 0.326 e. The summed E-state index contributed by atoms with van der Waals surface area (Å²) in [5.41, 5.74) is 21.9. The molecule has 214 valence electrons. The lowest BCUT2D eigenvalue weighted by Gasteiger charge is -2.25. The van der Waals surface area contributed by atoms with Crippen molar-refractivity contribution < 1.29 is 34.2 Å². The molecule has 3 amide bonds. The van der Waals surface area contributed by atoms with Crippen LogP contribution in [0.25, 0.3) is 0 Å². The molecule has 13 N–H and O–H groups in total. The third-order valence-electron chi connectivity index (χ3n) is 5.13. The van der Waals surface area contributed by atoms with Crippen molar-refractivity contribution in [2.45, 2.75) is 84.0 Å². The van der Waals surface area contributed by atoms with E-state index in [1.54, 1.807) is 13.8 Å². The number of carboxylic acid groups (broad SMARTS) is 2. The van der Waals surface area contributed by atoms with Gasteiger partial charge in [-0.25, -0.2) is 4.79 Å². The molecule has 0 spiro atoms. The van der Waals surface area contributed by atoms with Gasteiger partial charge < -0.3 is 49.1 Å². The second kappa shape index (κ2) is 18.8. The molecule has 0 aromatic rings. The molecule has 37 heavy (non-hydrogen) atoms. The summed E-state index contributed by atoms with van der Waals surface area (Å²) in [6.07, 6.45) is 1.01. The van der Waals surface area contributed by atoms with Crippen molar-refractivity contribution in [3.05, 3.63) is 0 Å². The number of nitrogens with two attached hydrogens (primary N) is 4. The Hall–Kier alpha value is -3.46. The minimum Gasteiger partial charge on any atom is -0.481 e. The standard InChI is InChI=1S/C21H40N8O7.CH4/c1-11(2)16(20(35)36)29-19(34)14(10-15(30)31)28-18(33)13(7-3-4-8-22)27-17(32)12(23)6-5-9-26-21(24)25;/h11-14,16H,3-10,22-23H2,1-2H3,(H,27,32)(H,28,33)(H,29,34)(H,30,31)(H,35,36)(H4,24,25,26);1H4. The Labute approximate surface area is 217 Å².